The Labute approximate surface area is 133 Å². The Hall–Kier alpha value is -2.83. The molecule has 0 aliphatic heterocycles. The van der Waals surface area contributed by atoms with Crippen LogP contribution in [0.4, 0.5) is 5.69 Å². The smallest absolute Gasteiger partial charge is 0.277 e. The Morgan fingerprint density at radius 1 is 1.26 bits per heavy atom. The number of hydrogen-bond donors (Lipinski definition) is 2. The van der Waals surface area contributed by atoms with Crippen molar-refractivity contribution < 1.29 is 4.74 Å². The molecule has 3 aromatic rings. The van der Waals surface area contributed by atoms with E-state index in [9.17, 15) is 4.79 Å². The summed E-state index contributed by atoms with van der Waals surface area (Å²) in [5.41, 5.74) is 2.07. The van der Waals surface area contributed by atoms with Crippen LogP contribution in [-0.2, 0) is 6.54 Å². The van der Waals surface area contributed by atoms with Gasteiger partial charge in [0, 0.05) is 11.3 Å². The first-order chi connectivity index (χ1) is 11.1. The Kier molecular flexibility index (Phi) is 4.01. The van der Waals surface area contributed by atoms with E-state index in [1.54, 1.807) is 6.92 Å². The average Bonchev–Trinajstić information content (AvgIpc) is 2.95. The molecule has 120 valence electrons. The number of fused-ring (bicyclic) bond motifs is 1. The highest BCUT2D eigenvalue weighted by atomic mass is 16.5. The lowest BCUT2D eigenvalue weighted by Gasteiger charge is -2.10. The normalized spacial score (nSPS) is 10.9. The van der Waals surface area contributed by atoms with Crippen LogP contribution < -0.4 is 15.6 Å². The fourth-order valence-corrected chi connectivity index (χ4v) is 2.30. The van der Waals surface area contributed by atoms with E-state index in [4.69, 9.17) is 4.74 Å². The molecule has 0 saturated carbocycles. The quantitative estimate of drug-likeness (QED) is 0.753. The van der Waals surface area contributed by atoms with Crippen LogP contribution in [0.25, 0.3) is 5.78 Å². The van der Waals surface area contributed by atoms with Crippen molar-refractivity contribution in [1.82, 2.24) is 19.6 Å². The van der Waals surface area contributed by atoms with Gasteiger partial charge in [0.2, 0.25) is 0 Å². The number of H-pyrrole nitrogens is 1. The second-order valence-electron chi connectivity index (χ2n) is 5.22. The molecule has 0 saturated heterocycles. The van der Waals surface area contributed by atoms with Gasteiger partial charge in [0.05, 0.1) is 18.8 Å². The molecule has 0 unspecified atom stereocenters. The maximum atomic E-state index is 12.2. The summed E-state index contributed by atoms with van der Waals surface area (Å²) < 4.78 is 6.94. The maximum absolute atomic E-state index is 12.2. The monoisotopic (exact) mass is 313 g/mol. The maximum Gasteiger partial charge on any atom is 0.277 e. The molecule has 23 heavy (non-hydrogen) atoms. The number of para-hydroxylation sites is 2. The van der Waals surface area contributed by atoms with Gasteiger partial charge in [-0.15, -0.1) is 0 Å². The molecular weight excluding hydrogens is 294 g/mol. The molecule has 1 aromatic carbocycles. The Balaban J connectivity index is 1.86. The molecule has 2 N–H and O–H groups in total. The first-order valence-corrected chi connectivity index (χ1v) is 7.50. The Bertz CT molecular complexity index is 897. The molecule has 0 bridgehead atoms. The van der Waals surface area contributed by atoms with Crippen LogP contribution >= 0.6 is 0 Å². The SMILES string of the molecule is CCOc1ccccc1NCc1nc2nc(C)c(C)c(=O)n2[nH]1. The molecular formula is C16H19N5O2. The molecule has 7 nitrogen and oxygen atoms in total. The molecule has 3 rings (SSSR count). The fourth-order valence-electron chi connectivity index (χ4n) is 2.30. The zero-order chi connectivity index (χ0) is 16.4. The molecule has 0 radical (unpaired) electrons. The number of anilines is 1. The summed E-state index contributed by atoms with van der Waals surface area (Å²) in [4.78, 5) is 20.9. The van der Waals surface area contributed by atoms with Gasteiger partial charge < -0.3 is 10.1 Å². The number of hydrogen-bond acceptors (Lipinski definition) is 5. The standard InChI is InChI=1S/C16H19N5O2/c1-4-23-13-8-6-5-7-12(13)17-9-14-19-16-18-11(3)10(2)15(22)21(16)20-14/h5-8,17H,4,9H2,1-3H3,(H,18,19,20). The van der Waals surface area contributed by atoms with E-state index >= 15 is 0 Å². The van der Waals surface area contributed by atoms with Gasteiger partial charge >= 0.3 is 0 Å². The van der Waals surface area contributed by atoms with Crippen LogP contribution in [0.1, 0.15) is 24.0 Å². The van der Waals surface area contributed by atoms with Crippen LogP contribution in [0.2, 0.25) is 0 Å². The number of aryl methyl sites for hydroxylation is 1. The number of nitrogens with zero attached hydrogens (tertiary/aromatic N) is 3. The van der Waals surface area contributed by atoms with Crippen molar-refractivity contribution in [1.29, 1.82) is 0 Å². The second kappa shape index (κ2) is 6.12. The number of nitrogens with one attached hydrogen (secondary N) is 2. The van der Waals surface area contributed by atoms with E-state index in [0.29, 0.717) is 36.0 Å². The zero-order valence-corrected chi connectivity index (χ0v) is 13.4. The second-order valence-corrected chi connectivity index (χ2v) is 5.22. The summed E-state index contributed by atoms with van der Waals surface area (Å²) in [7, 11) is 0. The molecule has 0 atom stereocenters. The third kappa shape index (κ3) is 2.90. The number of rotatable bonds is 5. The summed E-state index contributed by atoms with van der Waals surface area (Å²) in [6.07, 6.45) is 0. The van der Waals surface area contributed by atoms with E-state index in [1.165, 1.54) is 4.52 Å². The number of ether oxygens (including phenoxy) is 1. The lowest BCUT2D eigenvalue weighted by atomic mass is 10.3. The zero-order valence-electron chi connectivity index (χ0n) is 13.4. The van der Waals surface area contributed by atoms with E-state index in [1.807, 2.05) is 38.1 Å². The van der Waals surface area contributed by atoms with Crippen molar-refractivity contribution >= 4 is 11.5 Å². The molecule has 2 heterocycles. The van der Waals surface area contributed by atoms with Crippen molar-refractivity contribution in [2.24, 2.45) is 0 Å². The molecule has 0 amide bonds. The van der Waals surface area contributed by atoms with Crippen LogP contribution in [0.3, 0.4) is 0 Å². The molecule has 0 aliphatic carbocycles. The Morgan fingerprint density at radius 2 is 2.04 bits per heavy atom. The van der Waals surface area contributed by atoms with Gasteiger partial charge in [0.15, 0.2) is 0 Å². The third-order valence-corrected chi connectivity index (χ3v) is 3.64. The van der Waals surface area contributed by atoms with Crippen LogP contribution in [0.5, 0.6) is 5.75 Å². The highest BCUT2D eigenvalue weighted by Gasteiger charge is 2.10. The fraction of sp³-hybridized carbons (Fsp3) is 0.312. The molecule has 7 heteroatoms. The van der Waals surface area contributed by atoms with Crippen LogP contribution in [0, 0.1) is 13.8 Å². The van der Waals surface area contributed by atoms with Gasteiger partial charge in [-0.05, 0) is 32.9 Å². The average molecular weight is 313 g/mol. The minimum absolute atomic E-state index is 0.124. The molecule has 0 spiro atoms. The van der Waals surface area contributed by atoms with Gasteiger partial charge in [-0.25, -0.2) is 4.98 Å². The largest absolute Gasteiger partial charge is 0.492 e. The molecule has 0 aliphatic rings. The van der Waals surface area contributed by atoms with E-state index in [2.05, 4.69) is 20.4 Å². The highest BCUT2D eigenvalue weighted by Crippen LogP contribution is 2.23. The number of aromatic nitrogens is 4. The van der Waals surface area contributed by atoms with Crippen molar-refractivity contribution in [3.63, 3.8) is 0 Å². The van der Waals surface area contributed by atoms with Gasteiger partial charge in [0.25, 0.3) is 11.3 Å². The minimum Gasteiger partial charge on any atom is -0.492 e. The summed E-state index contributed by atoms with van der Waals surface area (Å²) in [6.45, 7) is 6.54. The highest BCUT2D eigenvalue weighted by molar-refractivity contribution is 5.56. The minimum atomic E-state index is -0.124. The van der Waals surface area contributed by atoms with Gasteiger partial charge in [0.1, 0.15) is 11.6 Å². The van der Waals surface area contributed by atoms with Crippen LogP contribution in [-0.4, -0.2) is 26.2 Å². The van der Waals surface area contributed by atoms with E-state index in [-0.39, 0.29) is 5.56 Å². The summed E-state index contributed by atoms with van der Waals surface area (Å²) in [6, 6.07) is 7.70. The summed E-state index contributed by atoms with van der Waals surface area (Å²) >= 11 is 0. The van der Waals surface area contributed by atoms with Crippen LogP contribution in [0.15, 0.2) is 29.1 Å². The topological polar surface area (TPSA) is 84.3 Å². The number of aromatic amines is 1. The van der Waals surface area contributed by atoms with Crippen molar-refractivity contribution in [3.8, 4) is 5.75 Å². The lowest BCUT2D eigenvalue weighted by Crippen LogP contribution is -2.19. The van der Waals surface area contributed by atoms with Gasteiger partial charge in [-0.1, -0.05) is 12.1 Å². The summed E-state index contributed by atoms with van der Waals surface area (Å²) in [5.74, 6) is 1.80. The number of benzene rings is 1. The predicted octanol–water partition coefficient (Wildman–Crippen LogP) is 2.05. The summed E-state index contributed by atoms with van der Waals surface area (Å²) in [5, 5.41) is 6.24. The third-order valence-electron chi connectivity index (χ3n) is 3.64. The van der Waals surface area contributed by atoms with E-state index in [0.717, 1.165) is 11.4 Å². The van der Waals surface area contributed by atoms with Crippen molar-refractivity contribution in [2.75, 3.05) is 11.9 Å². The molecule has 2 aromatic heterocycles. The van der Waals surface area contributed by atoms with Crippen molar-refractivity contribution in [3.05, 3.63) is 51.7 Å². The lowest BCUT2D eigenvalue weighted by molar-refractivity contribution is 0.341. The first kappa shape index (κ1) is 15.1. The molecule has 0 fully saturated rings. The first-order valence-electron chi connectivity index (χ1n) is 7.50. The Morgan fingerprint density at radius 3 is 2.83 bits per heavy atom. The van der Waals surface area contributed by atoms with Gasteiger partial charge in [-0.2, -0.15) is 9.50 Å². The van der Waals surface area contributed by atoms with Gasteiger partial charge in [-0.3, -0.25) is 9.89 Å². The van der Waals surface area contributed by atoms with E-state index < -0.39 is 0 Å². The predicted molar refractivity (Wildman–Crippen MR) is 88.0 cm³/mol. The van der Waals surface area contributed by atoms with Crippen molar-refractivity contribution in [2.45, 2.75) is 27.3 Å².